The van der Waals surface area contributed by atoms with E-state index in [9.17, 15) is 4.79 Å². The predicted octanol–water partition coefficient (Wildman–Crippen LogP) is 4.33. The van der Waals surface area contributed by atoms with Gasteiger partial charge in [-0.2, -0.15) is 0 Å². The topological polar surface area (TPSA) is 41.6 Å². The number of benzene rings is 2. The highest BCUT2D eigenvalue weighted by molar-refractivity contribution is 6.31. The van der Waals surface area contributed by atoms with E-state index in [-0.39, 0.29) is 5.91 Å². The Labute approximate surface area is 166 Å². The minimum absolute atomic E-state index is 0.126. The Morgan fingerprint density at radius 3 is 2.59 bits per heavy atom. The van der Waals surface area contributed by atoms with Gasteiger partial charge in [-0.15, -0.1) is 0 Å². The monoisotopic (exact) mass is 386 g/mol. The van der Waals surface area contributed by atoms with Gasteiger partial charge in [-0.1, -0.05) is 35.9 Å². The van der Waals surface area contributed by atoms with Gasteiger partial charge in [0, 0.05) is 18.1 Å². The first-order chi connectivity index (χ1) is 13.0. The summed E-state index contributed by atoms with van der Waals surface area (Å²) in [5.41, 5.74) is 3.37. The number of aryl methyl sites for hydroxylation is 1. The van der Waals surface area contributed by atoms with Crippen LogP contribution in [0, 0.1) is 6.92 Å². The summed E-state index contributed by atoms with van der Waals surface area (Å²) in [6.45, 7) is 7.45. The summed E-state index contributed by atoms with van der Waals surface area (Å²) in [6, 6.07) is 13.7. The molecule has 0 bridgehead atoms. The molecule has 1 heterocycles. The van der Waals surface area contributed by atoms with Crippen LogP contribution >= 0.6 is 11.6 Å². The number of carbonyl (C=O) groups is 1. The number of rotatable bonds is 7. The number of likely N-dealkylation sites (tertiary alicyclic amines) is 1. The van der Waals surface area contributed by atoms with Crippen LogP contribution in [0.2, 0.25) is 5.02 Å². The molecule has 0 radical (unpaired) electrons. The molecule has 1 aliphatic rings. The van der Waals surface area contributed by atoms with Crippen LogP contribution in [0.3, 0.4) is 0 Å². The predicted molar refractivity (Wildman–Crippen MR) is 109 cm³/mol. The van der Waals surface area contributed by atoms with Crippen molar-refractivity contribution in [3.63, 3.8) is 0 Å². The minimum Gasteiger partial charge on any atom is -0.481 e. The molecule has 1 amide bonds. The molecule has 1 saturated heterocycles. The van der Waals surface area contributed by atoms with Crippen LogP contribution in [0.5, 0.6) is 5.75 Å². The molecule has 1 fully saturated rings. The molecule has 0 saturated carbocycles. The molecule has 144 valence electrons. The third-order valence-electron chi connectivity index (χ3n) is 4.98. The summed E-state index contributed by atoms with van der Waals surface area (Å²) in [7, 11) is 0. The highest BCUT2D eigenvalue weighted by Gasteiger charge is 2.17. The summed E-state index contributed by atoms with van der Waals surface area (Å²) < 4.78 is 5.76. The third-order valence-corrected chi connectivity index (χ3v) is 5.40. The second kappa shape index (κ2) is 9.25. The van der Waals surface area contributed by atoms with Gasteiger partial charge < -0.3 is 10.1 Å². The third kappa shape index (κ3) is 5.47. The maximum atomic E-state index is 12.5. The first kappa shape index (κ1) is 19.7. The number of carbonyl (C=O) groups excluding carboxylic acids is 1. The molecule has 2 aromatic carbocycles. The maximum absolute atomic E-state index is 12.5. The van der Waals surface area contributed by atoms with Crippen molar-refractivity contribution < 1.29 is 9.53 Å². The lowest BCUT2D eigenvalue weighted by Crippen LogP contribution is -2.36. The van der Waals surface area contributed by atoms with Crippen LogP contribution < -0.4 is 10.1 Å². The fourth-order valence-corrected chi connectivity index (χ4v) is 3.46. The molecule has 3 rings (SSSR count). The highest BCUT2D eigenvalue weighted by Crippen LogP contribution is 2.22. The minimum atomic E-state index is -0.573. The number of nitrogens with zero attached hydrogens (tertiary/aromatic N) is 1. The number of amides is 1. The quantitative estimate of drug-likeness (QED) is 0.770. The van der Waals surface area contributed by atoms with Gasteiger partial charge in [-0.05, 0) is 74.7 Å². The van der Waals surface area contributed by atoms with Gasteiger partial charge in [-0.25, -0.2) is 0 Å². The SMILES string of the molecule is Cc1cc(O[C@H](C)C(=O)NCc2ccccc2CN2CCCC2)ccc1Cl. The fraction of sp³-hybridized carbons (Fsp3) is 0.409. The van der Waals surface area contributed by atoms with Crippen LogP contribution in [-0.2, 0) is 17.9 Å². The van der Waals surface area contributed by atoms with Crippen molar-refractivity contribution in [2.24, 2.45) is 0 Å². The Hall–Kier alpha value is -2.04. The molecule has 4 nitrogen and oxygen atoms in total. The Morgan fingerprint density at radius 2 is 1.89 bits per heavy atom. The molecule has 0 unspecified atom stereocenters. The Balaban J connectivity index is 1.55. The van der Waals surface area contributed by atoms with Crippen molar-refractivity contribution in [1.82, 2.24) is 10.2 Å². The second-order valence-electron chi connectivity index (χ2n) is 7.14. The first-order valence-corrected chi connectivity index (χ1v) is 9.90. The van der Waals surface area contributed by atoms with Crippen LogP contribution in [0.4, 0.5) is 0 Å². The first-order valence-electron chi connectivity index (χ1n) is 9.52. The van der Waals surface area contributed by atoms with E-state index in [0.29, 0.717) is 17.3 Å². The summed E-state index contributed by atoms with van der Waals surface area (Å²) in [6.07, 6.45) is 1.98. The zero-order valence-electron chi connectivity index (χ0n) is 16.0. The standard InChI is InChI=1S/C22H27ClN2O2/c1-16-13-20(9-10-21(16)23)27-17(2)22(26)24-14-18-7-3-4-8-19(18)15-25-11-5-6-12-25/h3-4,7-10,13,17H,5-6,11-12,14-15H2,1-2H3,(H,24,26)/t17-/m1/s1. The van der Waals surface area contributed by atoms with Crippen LogP contribution in [0.1, 0.15) is 36.5 Å². The van der Waals surface area contributed by atoms with Crippen LogP contribution in [0.25, 0.3) is 0 Å². The molecule has 1 aliphatic heterocycles. The van der Waals surface area contributed by atoms with Crippen LogP contribution in [0.15, 0.2) is 42.5 Å². The summed E-state index contributed by atoms with van der Waals surface area (Å²) in [5.74, 6) is 0.521. The second-order valence-corrected chi connectivity index (χ2v) is 7.55. The fourth-order valence-electron chi connectivity index (χ4n) is 3.34. The summed E-state index contributed by atoms with van der Waals surface area (Å²) in [4.78, 5) is 14.9. The van der Waals surface area contributed by atoms with E-state index in [4.69, 9.17) is 16.3 Å². The van der Waals surface area contributed by atoms with Gasteiger partial charge in [0.05, 0.1) is 0 Å². The molecule has 0 aromatic heterocycles. The van der Waals surface area contributed by atoms with E-state index in [2.05, 4.69) is 28.4 Å². The number of hydrogen-bond donors (Lipinski definition) is 1. The highest BCUT2D eigenvalue weighted by atomic mass is 35.5. The Kier molecular flexibility index (Phi) is 6.75. The van der Waals surface area contributed by atoms with Gasteiger partial charge in [-0.3, -0.25) is 9.69 Å². The summed E-state index contributed by atoms with van der Waals surface area (Å²) >= 11 is 6.03. The molecular formula is C22H27ClN2O2. The van der Waals surface area contributed by atoms with Crippen molar-refractivity contribution in [3.05, 3.63) is 64.2 Å². The normalized spacial score (nSPS) is 15.5. The maximum Gasteiger partial charge on any atom is 0.261 e. The van der Waals surface area contributed by atoms with Crippen molar-refractivity contribution in [2.75, 3.05) is 13.1 Å². The van der Waals surface area contributed by atoms with Gasteiger partial charge >= 0.3 is 0 Å². The van der Waals surface area contributed by atoms with Crippen molar-refractivity contribution in [3.8, 4) is 5.75 Å². The number of nitrogens with one attached hydrogen (secondary N) is 1. The lowest BCUT2D eigenvalue weighted by Gasteiger charge is -2.19. The van der Waals surface area contributed by atoms with Gasteiger partial charge in [0.15, 0.2) is 6.10 Å². The zero-order chi connectivity index (χ0) is 19.2. The molecular weight excluding hydrogens is 360 g/mol. The molecule has 1 atom stereocenters. The molecule has 0 spiro atoms. The molecule has 5 heteroatoms. The van der Waals surface area contributed by atoms with E-state index in [1.165, 1.54) is 18.4 Å². The van der Waals surface area contributed by atoms with Gasteiger partial charge in [0.1, 0.15) is 5.75 Å². The largest absolute Gasteiger partial charge is 0.481 e. The van der Waals surface area contributed by atoms with Crippen LogP contribution in [-0.4, -0.2) is 30.0 Å². The van der Waals surface area contributed by atoms with E-state index < -0.39 is 6.10 Å². The van der Waals surface area contributed by atoms with E-state index in [0.717, 1.165) is 30.8 Å². The van der Waals surface area contributed by atoms with E-state index in [1.807, 2.05) is 19.1 Å². The average Bonchev–Trinajstić information content (AvgIpc) is 3.17. The van der Waals surface area contributed by atoms with Crippen molar-refractivity contribution >= 4 is 17.5 Å². The van der Waals surface area contributed by atoms with Gasteiger partial charge in [0.25, 0.3) is 5.91 Å². The lowest BCUT2D eigenvalue weighted by molar-refractivity contribution is -0.127. The van der Waals surface area contributed by atoms with Crippen molar-refractivity contribution in [1.29, 1.82) is 0 Å². The van der Waals surface area contributed by atoms with Crippen molar-refractivity contribution in [2.45, 2.75) is 45.9 Å². The average molecular weight is 387 g/mol. The smallest absolute Gasteiger partial charge is 0.261 e. The molecule has 1 N–H and O–H groups in total. The zero-order valence-corrected chi connectivity index (χ0v) is 16.8. The van der Waals surface area contributed by atoms with Gasteiger partial charge in [0.2, 0.25) is 0 Å². The molecule has 2 aromatic rings. The van der Waals surface area contributed by atoms with E-state index in [1.54, 1.807) is 19.1 Å². The number of halogens is 1. The number of ether oxygens (including phenoxy) is 1. The number of hydrogen-bond acceptors (Lipinski definition) is 3. The summed E-state index contributed by atoms with van der Waals surface area (Å²) in [5, 5.41) is 3.69. The Morgan fingerprint density at radius 1 is 1.19 bits per heavy atom. The molecule has 0 aliphatic carbocycles. The lowest BCUT2D eigenvalue weighted by atomic mass is 10.1. The Bertz CT molecular complexity index is 788. The van der Waals surface area contributed by atoms with E-state index >= 15 is 0 Å². The molecule has 27 heavy (non-hydrogen) atoms.